The number of ether oxygens (including phenoxy) is 2. The van der Waals surface area contributed by atoms with Crippen LogP contribution in [0, 0.1) is 0 Å². The Bertz CT molecular complexity index is 1400. The molecule has 2 amide bonds. The Morgan fingerprint density at radius 1 is 1.30 bits per heavy atom. The van der Waals surface area contributed by atoms with E-state index < -0.39 is 46.3 Å². The molecule has 3 heterocycles. The summed E-state index contributed by atoms with van der Waals surface area (Å²) >= 11 is 6.15. The van der Waals surface area contributed by atoms with Crippen LogP contribution in [0.15, 0.2) is 29.3 Å². The molecule has 220 valence electrons. The Morgan fingerprint density at radius 2 is 2.02 bits per heavy atom. The van der Waals surface area contributed by atoms with Gasteiger partial charge in [-0.25, -0.2) is 18.0 Å². The van der Waals surface area contributed by atoms with Crippen LogP contribution in [0.3, 0.4) is 0 Å². The summed E-state index contributed by atoms with van der Waals surface area (Å²) in [4.78, 5) is 27.9. The van der Waals surface area contributed by atoms with Crippen LogP contribution in [0.25, 0.3) is 0 Å². The summed E-state index contributed by atoms with van der Waals surface area (Å²) in [5, 5.41) is 8.46. The smallest absolute Gasteiger partial charge is 0.427 e. The lowest BCUT2D eigenvalue weighted by Crippen LogP contribution is -2.45. The van der Waals surface area contributed by atoms with E-state index in [4.69, 9.17) is 16.3 Å². The molecule has 1 fully saturated rings. The van der Waals surface area contributed by atoms with E-state index in [0.717, 1.165) is 4.31 Å². The fourth-order valence-corrected chi connectivity index (χ4v) is 5.79. The van der Waals surface area contributed by atoms with Gasteiger partial charge in [-0.15, -0.1) is 5.48 Å². The van der Waals surface area contributed by atoms with Gasteiger partial charge in [0, 0.05) is 18.4 Å². The predicted molar refractivity (Wildman–Crippen MR) is 134 cm³/mol. The van der Waals surface area contributed by atoms with Crippen molar-refractivity contribution in [3.8, 4) is 5.75 Å². The van der Waals surface area contributed by atoms with E-state index in [9.17, 15) is 31.2 Å². The van der Waals surface area contributed by atoms with E-state index in [0.29, 0.717) is 26.8 Å². The van der Waals surface area contributed by atoms with Gasteiger partial charge in [0.25, 0.3) is 10.0 Å². The summed E-state index contributed by atoms with van der Waals surface area (Å²) in [6.45, 7) is 3.29. The minimum absolute atomic E-state index is 0.0000687. The molecule has 1 unspecified atom stereocenters. The Balaban J connectivity index is 1.63. The number of aryl methyl sites for hydroxylation is 1. The molecule has 0 radical (unpaired) electrons. The number of carbonyl (C=O) groups excluding carboxylic acids is 2. The van der Waals surface area contributed by atoms with Crippen molar-refractivity contribution in [3.63, 3.8) is 0 Å². The van der Waals surface area contributed by atoms with E-state index >= 15 is 0 Å². The van der Waals surface area contributed by atoms with Crippen molar-refractivity contribution < 1.29 is 45.5 Å². The van der Waals surface area contributed by atoms with Crippen LogP contribution >= 0.6 is 11.6 Å². The van der Waals surface area contributed by atoms with Gasteiger partial charge in [-0.05, 0) is 51.8 Å². The number of nitrogens with zero attached hydrogens (tertiary/aromatic N) is 3. The van der Waals surface area contributed by atoms with E-state index in [2.05, 4.69) is 30.8 Å². The number of alkyl halides is 3. The van der Waals surface area contributed by atoms with Crippen LogP contribution < -0.4 is 25.2 Å². The van der Waals surface area contributed by atoms with Crippen LogP contribution in [0.2, 0.25) is 5.15 Å². The maximum atomic E-state index is 13.8. The molecule has 1 aromatic carbocycles. The molecular weight excluding hydrogens is 585 g/mol. The molecule has 18 heteroatoms. The van der Waals surface area contributed by atoms with Crippen LogP contribution in [-0.4, -0.2) is 61.0 Å². The van der Waals surface area contributed by atoms with Crippen molar-refractivity contribution in [3.05, 3.63) is 29.5 Å². The molecular formula is C22H26ClF3N6O7S. The summed E-state index contributed by atoms with van der Waals surface area (Å²) in [5.74, 6) is 0.119. The first-order valence-corrected chi connectivity index (χ1v) is 13.8. The third-order valence-electron chi connectivity index (χ3n) is 6.11. The highest BCUT2D eigenvalue weighted by Gasteiger charge is 2.51. The highest BCUT2D eigenvalue weighted by atomic mass is 35.5. The number of hydrogen-bond donors (Lipinski definition) is 3. The normalized spacial score (nSPS) is 19.4. The Kier molecular flexibility index (Phi) is 8.01. The number of benzene rings is 1. The van der Waals surface area contributed by atoms with Crippen molar-refractivity contribution in [1.82, 2.24) is 20.6 Å². The third-order valence-corrected chi connectivity index (χ3v) is 8.28. The quantitative estimate of drug-likeness (QED) is 0.405. The minimum Gasteiger partial charge on any atom is -0.486 e. The molecule has 0 spiro atoms. The number of hydroxylamine groups is 1. The number of anilines is 2. The number of sulfonamides is 1. The number of fused-ring (bicyclic) bond motifs is 1. The molecule has 4 rings (SSSR count). The number of hydrogen-bond acceptors (Lipinski definition) is 9. The molecule has 1 saturated heterocycles. The van der Waals surface area contributed by atoms with Gasteiger partial charge < -0.3 is 19.6 Å². The highest BCUT2D eigenvalue weighted by molar-refractivity contribution is 7.93. The van der Waals surface area contributed by atoms with Gasteiger partial charge in [-0.1, -0.05) is 11.6 Å². The van der Waals surface area contributed by atoms with Crippen LogP contribution in [0.4, 0.5) is 34.1 Å². The maximum Gasteiger partial charge on any atom is 0.427 e. The third kappa shape index (κ3) is 6.15. The minimum atomic E-state index is -4.82. The van der Waals surface area contributed by atoms with E-state index in [-0.39, 0.29) is 40.1 Å². The summed E-state index contributed by atoms with van der Waals surface area (Å²) in [6.07, 6.45) is -6.18. The lowest BCUT2D eigenvalue weighted by atomic mass is 10.1. The second-order valence-electron chi connectivity index (χ2n) is 9.40. The number of carbonyl (C=O) groups is 2. The van der Waals surface area contributed by atoms with Crippen molar-refractivity contribution >= 4 is 45.2 Å². The number of halogens is 4. The fraction of sp³-hybridized carbons (Fsp3) is 0.500. The van der Waals surface area contributed by atoms with Gasteiger partial charge in [0.15, 0.2) is 5.15 Å². The van der Waals surface area contributed by atoms with Gasteiger partial charge in [-0.3, -0.25) is 14.3 Å². The van der Waals surface area contributed by atoms with Gasteiger partial charge in [0.05, 0.1) is 12.2 Å². The van der Waals surface area contributed by atoms with Crippen molar-refractivity contribution in [2.75, 3.05) is 16.2 Å². The molecule has 0 saturated carbocycles. The number of aromatic nitrogens is 2. The predicted octanol–water partition coefficient (Wildman–Crippen LogP) is 3.75. The highest BCUT2D eigenvalue weighted by Crippen LogP contribution is 2.41. The lowest BCUT2D eigenvalue weighted by molar-refractivity contribution is -0.242. The van der Waals surface area contributed by atoms with E-state index in [1.165, 1.54) is 29.1 Å². The summed E-state index contributed by atoms with van der Waals surface area (Å²) in [6, 6.07) is 3.92. The SMILES string of the molecule is CCn1cc(S(=O)(=O)N2C[C@H](CCC3NOC(=O)N3)Oc3ccc(NC(=O)OC(C)(C)C(F)(F)F)cc32)c(Cl)n1. The standard InChI is InChI=1S/C22H26ClF3N6O7S/c1-4-31-11-16(18(23)29-31)40(35,36)32-10-13(6-8-17-28-20(34)39-30-17)37-15-7-5-12(9-14(15)32)27-19(33)38-21(2,3)22(24,25)26/h5,7,9,11,13,17,30H,4,6,8,10H2,1-3H3,(H,27,33)(H,28,34)/t13-,17?/m0/s1. The molecule has 3 N–H and O–H groups in total. The van der Waals surface area contributed by atoms with Crippen LogP contribution in [0.5, 0.6) is 5.75 Å². The van der Waals surface area contributed by atoms with Crippen molar-refractivity contribution in [1.29, 1.82) is 0 Å². The second-order valence-corrected chi connectivity index (χ2v) is 11.6. The average molecular weight is 611 g/mol. The number of nitrogens with one attached hydrogen (secondary N) is 3. The molecule has 0 bridgehead atoms. The summed E-state index contributed by atoms with van der Waals surface area (Å²) < 4.78 is 79.9. The number of rotatable bonds is 8. The molecule has 2 aromatic rings. The van der Waals surface area contributed by atoms with Crippen molar-refractivity contribution in [2.24, 2.45) is 0 Å². The fourth-order valence-electron chi connectivity index (χ4n) is 3.84. The Hall–Kier alpha value is -3.44. The molecule has 2 aliphatic heterocycles. The molecule has 0 aliphatic carbocycles. The van der Waals surface area contributed by atoms with Gasteiger partial charge >= 0.3 is 18.4 Å². The van der Waals surface area contributed by atoms with Gasteiger partial charge in [-0.2, -0.15) is 18.3 Å². The van der Waals surface area contributed by atoms with Gasteiger partial charge in [0.1, 0.15) is 22.9 Å². The maximum absolute atomic E-state index is 13.8. The Labute approximate surface area is 231 Å². The number of amides is 2. The first kappa shape index (κ1) is 29.5. The molecule has 13 nitrogen and oxygen atoms in total. The average Bonchev–Trinajstić information content (AvgIpc) is 3.46. The summed E-state index contributed by atoms with van der Waals surface area (Å²) in [7, 11) is -4.33. The van der Waals surface area contributed by atoms with Crippen LogP contribution in [-0.2, 0) is 26.1 Å². The molecule has 1 aromatic heterocycles. The van der Waals surface area contributed by atoms with Gasteiger partial charge in [0.2, 0.25) is 5.60 Å². The van der Waals surface area contributed by atoms with E-state index in [1.807, 2.05) is 0 Å². The molecule has 40 heavy (non-hydrogen) atoms. The largest absolute Gasteiger partial charge is 0.486 e. The van der Waals surface area contributed by atoms with Crippen molar-refractivity contribution in [2.45, 2.75) is 69.1 Å². The monoisotopic (exact) mass is 610 g/mol. The molecule has 2 atom stereocenters. The Morgan fingerprint density at radius 3 is 2.62 bits per heavy atom. The second kappa shape index (κ2) is 10.9. The zero-order valence-corrected chi connectivity index (χ0v) is 23.0. The topological polar surface area (TPSA) is 153 Å². The zero-order valence-electron chi connectivity index (χ0n) is 21.4. The zero-order chi connectivity index (χ0) is 29.5. The van der Waals surface area contributed by atoms with E-state index in [1.54, 1.807) is 6.92 Å². The summed E-state index contributed by atoms with van der Waals surface area (Å²) in [5.41, 5.74) is -0.318. The first-order chi connectivity index (χ1) is 18.6. The van der Waals surface area contributed by atoms with Crippen LogP contribution in [0.1, 0.15) is 33.6 Å². The lowest BCUT2D eigenvalue weighted by Gasteiger charge is -2.36. The molecule has 2 aliphatic rings. The first-order valence-electron chi connectivity index (χ1n) is 12.0.